The summed E-state index contributed by atoms with van der Waals surface area (Å²) >= 11 is 0.953. The topological polar surface area (TPSA) is 91.3 Å². The van der Waals surface area contributed by atoms with Crippen molar-refractivity contribution in [1.29, 1.82) is 0 Å². The average molecular weight is 371 g/mol. The molecule has 2 aromatic heterocycles. The largest absolute Gasteiger partial charge is 0.437 e. The first-order valence-corrected chi connectivity index (χ1v) is 7.97. The molecule has 0 radical (unpaired) electrons. The van der Waals surface area contributed by atoms with Crippen molar-refractivity contribution in [3.63, 3.8) is 0 Å². The first-order valence-electron chi connectivity index (χ1n) is 7.09. The molecule has 1 aliphatic heterocycles. The highest BCUT2D eigenvalue weighted by molar-refractivity contribution is 7.12. The first-order chi connectivity index (χ1) is 11.7. The minimum absolute atomic E-state index is 0.0460. The van der Waals surface area contributed by atoms with Crippen molar-refractivity contribution < 1.29 is 27.9 Å². The van der Waals surface area contributed by atoms with Gasteiger partial charge in [0.15, 0.2) is 5.78 Å². The quantitative estimate of drug-likeness (QED) is 0.722. The lowest BCUT2D eigenvalue weighted by atomic mass is 9.79. The second-order valence-electron chi connectivity index (χ2n) is 5.44. The van der Waals surface area contributed by atoms with Crippen LogP contribution in [-0.4, -0.2) is 33.8 Å². The molecule has 3 heterocycles. The number of hydrogen-bond acceptors (Lipinski definition) is 5. The van der Waals surface area contributed by atoms with Crippen LogP contribution in [-0.2, 0) is 0 Å². The molecule has 132 valence electrons. The molecule has 0 saturated carbocycles. The van der Waals surface area contributed by atoms with Crippen LogP contribution in [0.3, 0.4) is 0 Å². The summed E-state index contributed by atoms with van der Waals surface area (Å²) < 4.78 is 40.8. The van der Waals surface area contributed by atoms with Gasteiger partial charge < -0.3 is 15.7 Å². The summed E-state index contributed by atoms with van der Waals surface area (Å²) in [7, 11) is 0. The highest BCUT2D eigenvalue weighted by Crippen LogP contribution is 2.44. The van der Waals surface area contributed by atoms with Gasteiger partial charge >= 0.3 is 12.2 Å². The Morgan fingerprint density at radius 3 is 2.52 bits per heavy atom. The van der Waals surface area contributed by atoms with E-state index in [2.05, 4.69) is 10.3 Å². The molecule has 2 amide bonds. The number of rotatable bonds is 3. The van der Waals surface area contributed by atoms with Gasteiger partial charge in [-0.05, 0) is 29.1 Å². The van der Waals surface area contributed by atoms with E-state index in [1.165, 1.54) is 47.4 Å². The summed E-state index contributed by atoms with van der Waals surface area (Å²) in [6.07, 6.45) is -2.61. The molecule has 0 unspecified atom stereocenters. The SMILES string of the molecule is O=C1N[C@@H](c2ccncc2)[C@H](C(=O)c2cccs2)[C@](O)(C(F)(F)F)N1. The molecule has 10 heteroatoms. The summed E-state index contributed by atoms with van der Waals surface area (Å²) in [5, 5.41) is 15.6. The third-order valence-electron chi connectivity index (χ3n) is 3.92. The summed E-state index contributed by atoms with van der Waals surface area (Å²) in [4.78, 5) is 28.3. The number of nitrogens with zero attached hydrogens (tertiary/aromatic N) is 1. The van der Waals surface area contributed by atoms with Gasteiger partial charge in [-0.2, -0.15) is 13.2 Å². The smallest absolute Gasteiger partial charge is 0.363 e. The van der Waals surface area contributed by atoms with Crippen molar-refractivity contribution in [1.82, 2.24) is 15.6 Å². The van der Waals surface area contributed by atoms with Crippen molar-refractivity contribution in [2.75, 3.05) is 0 Å². The summed E-state index contributed by atoms with van der Waals surface area (Å²) in [6.45, 7) is 0. The minimum atomic E-state index is -5.26. The lowest BCUT2D eigenvalue weighted by Crippen LogP contribution is -2.72. The number of Topliss-reactive ketones (excluding diaryl/α,β-unsaturated/α-hetero) is 1. The van der Waals surface area contributed by atoms with Crippen LogP contribution < -0.4 is 10.6 Å². The lowest BCUT2D eigenvalue weighted by Gasteiger charge is -2.44. The highest BCUT2D eigenvalue weighted by atomic mass is 32.1. The third kappa shape index (κ3) is 2.98. The van der Waals surface area contributed by atoms with Gasteiger partial charge in [0.1, 0.15) is 5.92 Å². The van der Waals surface area contributed by atoms with Gasteiger partial charge in [0.2, 0.25) is 5.72 Å². The number of urea groups is 1. The van der Waals surface area contributed by atoms with Gasteiger partial charge in [-0.3, -0.25) is 9.78 Å². The van der Waals surface area contributed by atoms with E-state index >= 15 is 0 Å². The van der Waals surface area contributed by atoms with Crippen LogP contribution in [0.15, 0.2) is 42.0 Å². The molecule has 0 spiro atoms. The number of carbonyl (C=O) groups is 2. The van der Waals surface area contributed by atoms with Crippen LogP contribution >= 0.6 is 11.3 Å². The van der Waals surface area contributed by atoms with E-state index in [1.54, 1.807) is 0 Å². The van der Waals surface area contributed by atoms with Gasteiger partial charge in [0, 0.05) is 12.4 Å². The summed E-state index contributed by atoms with van der Waals surface area (Å²) in [5.74, 6) is -2.93. The standard InChI is InChI=1S/C15H12F3N3O3S/c16-15(17,18)14(24)10(12(22)9-2-1-7-25-9)11(20-13(23)21-14)8-3-5-19-6-4-8/h1-7,10-11,24H,(H2,20,21,23)/t10-,11+,14+/m1/s1. The number of alkyl halides is 3. The van der Waals surface area contributed by atoms with Crippen LogP contribution in [0.1, 0.15) is 21.3 Å². The van der Waals surface area contributed by atoms with Crippen LogP contribution in [0.2, 0.25) is 0 Å². The maximum absolute atomic E-state index is 13.6. The Balaban J connectivity index is 2.15. The van der Waals surface area contributed by atoms with Gasteiger partial charge in [0.05, 0.1) is 10.9 Å². The molecule has 2 aromatic rings. The van der Waals surface area contributed by atoms with E-state index in [1.807, 2.05) is 0 Å². The van der Waals surface area contributed by atoms with Gasteiger partial charge in [0.25, 0.3) is 0 Å². The van der Waals surface area contributed by atoms with Gasteiger partial charge in [-0.15, -0.1) is 11.3 Å². The fourth-order valence-corrected chi connectivity index (χ4v) is 3.46. The van der Waals surface area contributed by atoms with Gasteiger partial charge in [-0.1, -0.05) is 6.07 Å². The second-order valence-corrected chi connectivity index (χ2v) is 6.39. The molecule has 3 rings (SSSR count). The zero-order chi connectivity index (χ0) is 18.2. The molecule has 0 aromatic carbocycles. The maximum Gasteiger partial charge on any atom is 0.437 e. The lowest BCUT2D eigenvalue weighted by molar-refractivity contribution is -0.287. The van der Waals surface area contributed by atoms with E-state index in [-0.39, 0.29) is 10.4 Å². The van der Waals surface area contributed by atoms with Crippen LogP contribution in [0.4, 0.5) is 18.0 Å². The molecule has 1 fully saturated rings. The number of halogens is 3. The van der Waals surface area contributed by atoms with Crippen LogP contribution in [0.25, 0.3) is 0 Å². The molecule has 1 aliphatic rings. The molecular formula is C15H12F3N3O3S. The second kappa shape index (κ2) is 6.12. The summed E-state index contributed by atoms with van der Waals surface area (Å²) in [5.41, 5.74) is -3.48. The molecule has 6 nitrogen and oxygen atoms in total. The normalized spacial score (nSPS) is 26.6. The van der Waals surface area contributed by atoms with E-state index in [0.717, 1.165) is 11.3 Å². The molecular weight excluding hydrogens is 359 g/mol. The molecule has 25 heavy (non-hydrogen) atoms. The number of ketones is 1. The van der Waals surface area contributed by atoms with E-state index in [4.69, 9.17) is 0 Å². The fourth-order valence-electron chi connectivity index (χ4n) is 2.76. The molecule has 3 atom stereocenters. The van der Waals surface area contributed by atoms with Crippen molar-refractivity contribution in [2.45, 2.75) is 17.9 Å². The third-order valence-corrected chi connectivity index (χ3v) is 4.80. The predicted molar refractivity (Wildman–Crippen MR) is 81.8 cm³/mol. The number of nitrogens with one attached hydrogen (secondary N) is 2. The number of aromatic nitrogens is 1. The first kappa shape index (κ1) is 17.4. The molecule has 0 bridgehead atoms. The van der Waals surface area contributed by atoms with Gasteiger partial charge in [-0.25, -0.2) is 4.79 Å². The van der Waals surface area contributed by atoms with Crippen molar-refractivity contribution in [3.8, 4) is 0 Å². The fraction of sp³-hybridized carbons (Fsp3) is 0.267. The van der Waals surface area contributed by atoms with Crippen LogP contribution in [0, 0.1) is 5.92 Å². The Kier molecular flexibility index (Phi) is 4.25. The van der Waals surface area contributed by atoms with Crippen LogP contribution in [0.5, 0.6) is 0 Å². The minimum Gasteiger partial charge on any atom is -0.363 e. The zero-order valence-electron chi connectivity index (χ0n) is 12.4. The Morgan fingerprint density at radius 1 is 1.28 bits per heavy atom. The Morgan fingerprint density at radius 2 is 1.96 bits per heavy atom. The number of carbonyl (C=O) groups excluding carboxylic acids is 2. The van der Waals surface area contributed by atoms with E-state index in [9.17, 15) is 27.9 Å². The van der Waals surface area contributed by atoms with E-state index < -0.39 is 35.7 Å². The Labute approximate surface area is 143 Å². The maximum atomic E-state index is 13.6. The average Bonchev–Trinajstić information content (AvgIpc) is 3.08. The summed E-state index contributed by atoms with van der Waals surface area (Å²) in [6, 6.07) is 3.03. The number of thiophene rings is 1. The van der Waals surface area contributed by atoms with Crippen molar-refractivity contribution in [2.24, 2.45) is 5.92 Å². The Hall–Kier alpha value is -2.46. The Bertz CT molecular complexity index is 782. The number of amides is 2. The van der Waals surface area contributed by atoms with Crippen molar-refractivity contribution in [3.05, 3.63) is 52.5 Å². The van der Waals surface area contributed by atoms with Crippen molar-refractivity contribution >= 4 is 23.2 Å². The molecule has 0 aliphatic carbocycles. The number of hydrogen-bond donors (Lipinski definition) is 3. The monoisotopic (exact) mass is 371 g/mol. The predicted octanol–water partition coefficient (Wildman–Crippen LogP) is 2.25. The number of aliphatic hydroxyl groups is 1. The van der Waals surface area contributed by atoms with E-state index in [0.29, 0.717) is 0 Å². The highest BCUT2D eigenvalue weighted by Gasteiger charge is 2.66. The zero-order valence-corrected chi connectivity index (χ0v) is 13.3. The molecule has 1 saturated heterocycles. The number of pyridine rings is 1. The molecule has 3 N–H and O–H groups in total.